The Morgan fingerprint density at radius 3 is 2.91 bits per heavy atom. The van der Waals surface area contributed by atoms with Gasteiger partial charge in [0.05, 0.1) is 17.5 Å². The van der Waals surface area contributed by atoms with Crippen LogP contribution in [0.3, 0.4) is 0 Å². The normalized spacial score (nSPS) is 10.8. The Morgan fingerprint density at radius 2 is 2.27 bits per heavy atom. The highest BCUT2D eigenvalue weighted by Gasteiger charge is 2.19. The Labute approximate surface area is 125 Å². The number of rotatable bonds is 4. The summed E-state index contributed by atoms with van der Waals surface area (Å²) in [6, 6.07) is 3.53. The number of hydrogen-bond acceptors (Lipinski definition) is 6. The van der Waals surface area contributed by atoms with Crippen molar-refractivity contribution in [3.8, 4) is 17.2 Å². The van der Waals surface area contributed by atoms with Crippen molar-refractivity contribution in [2.24, 2.45) is 0 Å². The van der Waals surface area contributed by atoms with Crippen molar-refractivity contribution in [1.29, 1.82) is 0 Å². The van der Waals surface area contributed by atoms with Gasteiger partial charge in [-0.1, -0.05) is 12.1 Å². The van der Waals surface area contributed by atoms with Crippen molar-refractivity contribution >= 4 is 5.97 Å². The third-order valence-electron chi connectivity index (χ3n) is 3.24. The Morgan fingerprint density at radius 1 is 1.45 bits per heavy atom. The highest BCUT2D eigenvalue weighted by molar-refractivity contribution is 5.88. The molecule has 0 aliphatic rings. The number of carbonyl (C=O) groups is 1. The number of aryl methyl sites for hydroxylation is 1. The summed E-state index contributed by atoms with van der Waals surface area (Å²) in [6.07, 6.45) is 3.53. The van der Waals surface area contributed by atoms with Crippen LogP contribution in [0, 0.1) is 6.92 Å². The largest absolute Gasteiger partial charge is 0.478 e. The fourth-order valence-electron chi connectivity index (χ4n) is 2.08. The quantitative estimate of drug-likeness (QED) is 0.783. The summed E-state index contributed by atoms with van der Waals surface area (Å²) in [7, 11) is 0. The molecule has 0 unspecified atom stereocenters. The molecule has 0 saturated heterocycles. The van der Waals surface area contributed by atoms with Gasteiger partial charge in [-0.05, 0) is 19.1 Å². The van der Waals surface area contributed by atoms with Gasteiger partial charge in [-0.3, -0.25) is 0 Å². The van der Waals surface area contributed by atoms with Crippen molar-refractivity contribution in [1.82, 2.24) is 24.9 Å². The predicted octanol–water partition coefficient (Wildman–Crippen LogP) is 1.89. The molecule has 3 heterocycles. The summed E-state index contributed by atoms with van der Waals surface area (Å²) >= 11 is 0. The Kier molecular flexibility index (Phi) is 3.42. The maximum Gasteiger partial charge on any atom is 0.339 e. The summed E-state index contributed by atoms with van der Waals surface area (Å²) in [5.74, 6) is 0.338. The van der Waals surface area contributed by atoms with E-state index < -0.39 is 5.97 Å². The number of carboxylic acids is 1. The van der Waals surface area contributed by atoms with E-state index in [1.807, 2.05) is 6.92 Å². The van der Waals surface area contributed by atoms with E-state index in [2.05, 4.69) is 20.2 Å². The molecule has 0 fully saturated rings. The minimum atomic E-state index is -1.03. The van der Waals surface area contributed by atoms with Crippen molar-refractivity contribution in [3.63, 3.8) is 0 Å². The van der Waals surface area contributed by atoms with Crippen LogP contribution < -0.4 is 0 Å². The lowest BCUT2D eigenvalue weighted by molar-refractivity contribution is 0.0696. The Hall–Kier alpha value is -3.03. The molecule has 3 aromatic heterocycles. The SMILES string of the molecule is CCc1nc(-c2cccnc2-n2ncc(C(=O)O)c2C)no1. The lowest BCUT2D eigenvalue weighted by Crippen LogP contribution is -2.06. The van der Waals surface area contributed by atoms with Gasteiger partial charge in [0, 0.05) is 12.6 Å². The third kappa shape index (κ3) is 2.24. The van der Waals surface area contributed by atoms with Gasteiger partial charge < -0.3 is 9.63 Å². The van der Waals surface area contributed by atoms with Crippen LogP contribution in [0.15, 0.2) is 29.0 Å². The molecule has 22 heavy (non-hydrogen) atoms. The number of nitrogens with zero attached hydrogens (tertiary/aromatic N) is 5. The fourth-order valence-corrected chi connectivity index (χ4v) is 2.08. The summed E-state index contributed by atoms with van der Waals surface area (Å²) in [5.41, 5.74) is 1.22. The van der Waals surface area contributed by atoms with Crippen LogP contribution in [0.5, 0.6) is 0 Å². The molecule has 0 saturated carbocycles. The first-order chi connectivity index (χ1) is 10.6. The first kappa shape index (κ1) is 13.9. The van der Waals surface area contributed by atoms with Crippen molar-refractivity contribution in [3.05, 3.63) is 41.7 Å². The van der Waals surface area contributed by atoms with Crippen LogP contribution in [0.2, 0.25) is 0 Å². The minimum Gasteiger partial charge on any atom is -0.478 e. The monoisotopic (exact) mass is 299 g/mol. The summed E-state index contributed by atoms with van der Waals surface area (Å²) < 4.78 is 6.58. The molecule has 0 bridgehead atoms. The molecule has 8 nitrogen and oxygen atoms in total. The van der Waals surface area contributed by atoms with Crippen molar-refractivity contribution in [2.75, 3.05) is 0 Å². The van der Waals surface area contributed by atoms with E-state index in [-0.39, 0.29) is 5.56 Å². The molecular formula is C14H13N5O3. The van der Waals surface area contributed by atoms with E-state index in [9.17, 15) is 4.79 Å². The molecule has 0 radical (unpaired) electrons. The number of aromatic nitrogens is 5. The van der Waals surface area contributed by atoms with Crippen LogP contribution in [0.25, 0.3) is 17.2 Å². The maximum atomic E-state index is 11.2. The topological polar surface area (TPSA) is 107 Å². The second kappa shape index (κ2) is 5.40. The summed E-state index contributed by atoms with van der Waals surface area (Å²) in [6.45, 7) is 3.58. The number of carboxylic acid groups (broad SMARTS) is 1. The zero-order chi connectivity index (χ0) is 15.7. The Balaban J connectivity index is 2.14. The molecule has 1 N–H and O–H groups in total. The van der Waals surface area contributed by atoms with Gasteiger partial charge >= 0.3 is 5.97 Å². The van der Waals surface area contributed by atoms with E-state index in [0.717, 1.165) is 0 Å². The van der Waals surface area contributed by atoms with Crippen LogP contribution in [-0.2, 0) is 6.42 Å². The van der Waals surface area contributed by atoms with Crippen LogP contribution in [-0.4, -0.2) is 36.0 Å². The van der Waals surface area contributed by atoms with Gasteiger partial charge in [0.25, 0.3) is 0 Å². The summed E-state index contributed by atoms with van der Waals surface area (Å²) in [4.78, 5) is 19.7. The number of aromatic carboxylic acids is 1. The number of pyridine rings is 1. The molecule has 3 rings (SSSR count). The predicted molar refractivity (Wildman–Crippen MR) is 75.7 cm³/mol. The lowest BCUT2D eigenvalue weighted by atomic mass is 10.2. The van der Waals surface area contributed by atoms with Gasteiger partial charge in [-0.15, -0.1) is 0 Å². The van der Waals surface area contributed by atoms with Gasteiger partial charge in [0.1, 0.15) is 5.56 Å². The standard InChI is InChI=1S/C14H13N5O3/c1-3-11-17-12(18-22-11)9-5-4-6-15-13(9)19-8(2)10(7-16-19)14(20)21/h4-7H,3H2,1-2H3,(H,20,21). The Bertz CT molecular complexity index is 837. The zero-order valence-electron chi connectivity index (χ0n) is 12.0. The summed E-state index contributed by atoms with van der Waals surface area (Å²) in [5, 5.41) is 17.2. The first-order valence-corrected chi connectivity index (χ1v) is 6.68. The fraction of sp³-hybridized carbons (Fsp3) is 0.214. The molecule has 0 spiro atoms. The number of hydrogen-bond donors (Lipinski definition) is 1. The molecule has 0 atom stereocenters. The first-order valence-electron chi connectivity index (χ1n) is 6.68. The molecule has 112 valence electrons. The second-order valence-electron chi connectivity index (χ2n) is 4.60. The molecule has 0 aliphatic heterocycles. The van der Waals surface area contributed by atoms with Gasteiger partial charge in [-0.25, -0.2) is 14.5 Å². The lowest BCUT2D eigenvalue weighted by Gasteiger charge is -2.07. The maximum absolute atomic E-state index is 11.2. The minimum absolute atomic E-state index is 0.124. The van der Waals surface area contributed by atoms with E-state index in [1.54, 1.807) is 25.3 Å². The molecule has 0 amide bonds. The highest BCUT2D eigenvalue weighted by atomic mass is 16.5. The molecule has 3 aromatic rings. The average molecular weight is 299 g/mol. The van der Waals surface area contributed by atoms with Gasteiger partial charge in [0.2, 0.25) is 11.7 Å². The van der Waals surface area contributed by atoms with Gasteiger partial charge in [0.15, 0.2) is 5.82 Å². The van der Waals surface area contributed by atoms with E-state index in [0.29, 0.717) is 35.2 Å². The average Bonchev–Trinajstić information content (AvgIpc) is 3.13. The van der Waals surface area contributed by atoms with E-state index in [1.165, 1.54) is 10.9 Å². The molecule has 0 aliphatic carbocycles. The molecular weight excluding hydrogens is 286 g/mol. The van der Waals surface area contributed by atoms with Crippen LogP contribution in [0.1, 0.15) is 28.9 Å². The third-order valence-corrected chi connectivity index (χ3v) is 3.24. The smallest absolute Gasteiger partial charge is 0.339 e. The second-order valence-corrected chi connectivity index (χ2v) is 4.60. The van der Waals surface area contributed by atoms with Crippen LogP contribution in [0.4, 0.5) is 0 Å². The molecule has 0 aromatic carbocycles. The van der Waals surface area contributed by atoms with Crippen molar-refractivity contribution < 1.29 is 14.4 Å². The zero-order valence-corrected chi connectivity index (χ0v) is 12.0. The van der Waals surface area contributed by atoms with Crippen molar-refractivity contribution in [2.45, 2.75) is 20.3 Å². The highest BCUT2D eigenvalue weighted by Crippen LogP contribution is 2.24. The van der Waals surface area contributed by atoms with Gasteiger partial charge in [-0.2, -0.15) is 10.1 Å². The van der Waals surface area contributed by atoms with E-state index in [4.69, 9.17) is 9.63 Å². The molecule has 8 heteroatoms. The van der Waals surface area contributed by atoms with E-state index >= 15 is 0 Å². The van der Waals surface area contributed by atoms with Crippen LogP contribution >= 0.6 is 0 Å².